The molecule has 2 amide bonds. The fraction of sp³-hybridized carbons (Fsp3) is 0.196. The summed E-state index contributed by atoms with van der Waals surface area (Å²) in [4.78, 5) is 46.3. The number of nitrogens with one attached hydrogen (secondary N) is 1. The van der Waals surface area contributed by atoms with Crippen LogP contribution < -0.4 is 19.5 Å². The zero-order chi connectivity index (χ0) is 43.1. The maximum absolute atomic E-state index is 14.8. The third-order valence-electron chi connectivity index (χ3n) is 10.7. The minimum absolute atomic E-state index is 0.0399. The molecule has 5 aromatic carbocycles. The standard InChI is InChI=1S/C46H43N5O9S/c1-58-40-28-33(29-41(59-2)44(40)60-3)37-27-32(23-24-47-37)31-49-25-26-50(61(56,57)42-22-14-13-21-38(42)51(54)55)39(45(49)53)30-43(52)48-46(34-15-7-4-8-16-34,35-17-9-5-10-18-35)36-19-11-6-12-20-36/h4-24,27-29,39H,25-26,30-31H2,1-3H3,(H,48,52). The van der Waals surface area contributed by atoms with E-state index in [1.54, 1.807) is 30.5 Å². The first kappa shape index (κ1) is 42.0. The molecule has 0 aliphatic carbocycles. The van der Waals surface area contributed by atoms with Crippen molar-refractivity contribution in [2.45, 2.75) is 29.4 Å². The van der Waals surface area contributed by atoms with Crippen molar-refractivity contribution >= 4 is 27.5 Å². The van der Waals surface area contributed by atoms with E-state index in [0.29, 0.717) is 34.1 Å². The number of nitro groups is 1. The van der Waals surface area contributed by atoms with Crippen LogP contribution in [0.3, 0.4) is 0 Å². The highest BCUT2D eigenvalue weighted by molar-refractivity contribution is 7.89. The smallest absolute Gasteiger partial charge is 0.289 e. The van der Waals surface area contributed by atoms with E-state index >= 15 is 0 Å². The van der Waals surface area contributed by atoms with Crippen molar-refractivity contribution in [3.63, 3.8) is 0 Å². The molecule has 0 radical (unpaired) electrons. The van der Waals surface area contributed by atoms with Gasteiger partial charge in [0, 0.05) is 37.5 Å². The van der Waals surface area contributed by atoms with Crippen LogP contribution in [-0.4, -0.2) is 79.8 Å². The highest BCUT2D eigenvalue weighted by Gasteiger charge is 2.46. The van der Waals surface area contributed by atoms with Gasteiger partial charge in [0.1, 0.15) is 11.6 Å². The average molecular weight is 842 g/mol. The van der Waals surface area contributed by atoms with Crippen LogP contribution >= 0.6 is 0 Å². The van der Waals surface area contributed by atoms with E-state index < -0.39 is 55.3 Å². The first-order valence-electron chi connectivity index (χ1n) is 19.3. The number of para-hydroxylation sites is 1. The molecule has 1 saturated heterocycles. The Morgan fingerprint density at radius 3 is 1.85 bits per heavy atom. The van der Waals surface area contributed by atoms with Gasteiger partial charge >= 0.3 is 0 Å². The van der Waals surface area contributed by atoms with Gasteiger partial charge in [-0.25, -0.2) is 8.42 Å². The summed E-state index contributed by atoms with van der Waals surface area (Å²) in [6.07, 6.45) is 0.991. The number of methoxy groups -OCH3 is 3. The van der Waals surface area contributed by atoms with E-state index in [0.717, 1.165) is 33.1 Å². The number of amides is 2. The maximum atomic E-state index is 14.8. The van der Waals surface area contributed by atoms with Gasteiger partial charge in [-0.2, -0.15) is 4.31 Å². The number of hydrogen-bond acceptors (Lipinski definition) is 10. The third kappa shape index (κ3) is 8.38. The Kier molecular flexibility index (Phi) is 12.4. The maximum Gasteiger partial charge on any atom is 0.289 e. The van der Waals surface area contributed by atoms with Gasteiger partial charge in [-0.05, 0) is 52.6 Å². The summed E-state index contributed by atoms with van der Waals surface area (Å²) in [6.45, 7) is -0.275. The molecule has 6 aromatic rings. The number of nitro benzene ring substituents is 1. The lowest BCUT2D eigenvalue weighted by atomic mass is 9.77. The molecule has 0 spiro atoms. The van der Waals surface area contributed by atoms with E-state index in [2.05, 4.69) is 10.3 Å². The quantitative estimate of drug-likeness (QED) is 0.0677. The molecule has 7 rings (SSSR count). The SMILES string of the molecule is COc1cc(-c2cc(CN3CCN(S(=O)(=O)c4ccccc4[N+](=O)[O-])C(CC(=O)NC(c4ccccc4)(c4ccccc4)c4ccccc4)C3=O)ccn2)cc(OC)c1OC. The number of benzene rings is 5. The highest BCUT2D eigenvalue weighted by Crippen LogP contribution is 2.41. The second-order valence-electron chi connectivity index (χ2n) is 14.2. The zero-order valence-corrected chi connectivity index (χ0v) is 34.5. The van der Waals surface area contributed by atoms with Crippen molar-refractivity contribution in [2.75, 3.05) is 34.4 Å². The number of aromatic nitrogens is 1. The topological polar surface area (TPSA) is 171 Å². The molecule has 1 aliphatic heterocycles. The van der Waals surface area contributed by atoms with Crippen molar-refractivity contribution in [1.82, 2.24) is 19.5 Å². The van der Waals surface area contributed by atoms with Crippen LogP contribution in [0.2, 0.25) is 0 Å². The van der Waals surface area contributed by atoms with Gasteiger partial charge < -0.3 is 24.4 Å². The van der Waals surface area contributed by atoms with Crippen molar-refractivity contribution in [2.24, 2.45) is 0 Å². The van der Waals surface area contributed by atoms with Gasteiger partial charge in [0.15, 0.2) is 16.4 Å². The number of sulfonamides is 1. The molecule has 1 atom stereocenters. The van der Waals surface area contributed by atoms with Crippen molar-refractivity contribution in [1.29, 1.82) is 0 Å². The van der Waals surface area contributed by atoms with Gasteiger partial charge in [0.2, 0.25) is 17.6 Å². The summed E-state index contributed by atoms with van der Waals surface area (Å²) in [5.41, 5.74) is 2.12. The van der Waals surface area contributed by atoms with Crippen LogP contribution in [0.15, 0.2) is 151 Å². The monoisotopic (exact) mass is 841 g/mol. The molecule has 312 valence electrons. The van der Waals surface area contributed by atoms with Crippen molar-refractivity contribution < 1.29 is 37.1 Å². The van der Waals surface area contributed by atoms with E-state index in [4.69, 9.17) is 14.2 Å². The lowest BCUT2D eigenvalue weighted by molar-refractivity contribution is -0.387. The van der Waals surface area contributed by atoms with Crippen molar-refractivity contribution in [3.8, 4) is 28.5 Å². The van der Waals surface area contributed by atoms with E-state index in [-0.39, 0.29) is 19.6 Å². The number of ether oxygens (including phenoxy) is 3. The molecule has 1 aromatic heterocycles. The predicted molar refractivity (Wildman–Crippen MR) is 227 cm³/mol. The molecule has 0 saturated carbocycles. The van der Waals surface area contributed by atoms with Gasteiger partial charge in [-0.15, -0.1) is 0 Å². The number of hydrogen-bond donors (Lipinski definition) is 1. The Morgan fingerprint density at radius 2 is 1.33 bits per heavy atom. The van der Waals surface area contributed by atoms with Crippen LogP contribution in [0.5, 0.6) is 17.2 Å². The molecule has 61 heavy (non-hydrogen) atoms. The van der Waals surface area contributed by atoms with Gasteiger partial charge in [0.05, 0.1) is 38.4 Å². The second kappa shape index (κ2) is 18.0. The van der Waals surface area contributed by atoms with Crippen LogP contribution in [0.25, 0.3) is 11.3 Å². The lowest BCUT2D eigenvalue weighted by Gasteiger charge is -2.41. The third-order valence-corrected chi connectivity index (χ3v) is 12.6. The summed E-state index contributed by atoms with van der Waals surface area (Å²) in [7, 11) is -0.182. The fourth-order valence-corrected chi connectivity index (χ4v) is 9.53. The summed E-state index contributed by atoms with van der Waals surface area (Å²) in [5.74, 6) is -0.0281. The lowest BCUT2D eigenvalue weighted by Crippen LogP contribution is -2.60. The minimum Gasteiger partial charge on any atom is -0.493 e. The zero-order valence-electron chi connectivity index (χ0n) is 33.6. The Bertz CT molecular complexity index is 2530. The summed E-state index contributed by atoms with van der Waals surface area (Å²) in [5, 5.41) is 15.3. The Labute approximate surface area is 353 Å². The number of carbonyl (C=O) groups is 2. The van der Waals surface area contributed by atoms with E-state index in [9.17, 15) is 28.1 Å². The Balaban J connectivity index is 1.27. The van der Waals surface area contributed by atoms with Gasteiger partial charge in [0.25, 0.3) is 15.7 Å². The summed E-state index contributed by atoms with van der Waals surface area (Å²) < 4.78 is 46.5. The number of nitrogens with zero attached hydrogens (tertiary/aromatic N) is 4. The molecule has 1 unspecified atom stereocenters. The predicted octanol–water partition coefficient (Wildman–Crippen LogP) is 6.58. The average Bonchev–Trinajstić information content (AvgIpc) is 3.29. The first-order valence-corrected chi connectivity index (χ1v) is 20.7. The minimum atomic E-state index is -4.70. The Morgan fingerprint density at radius 1 is 0.787 bits per heavy atom. The Hall–Kier alpha value is -7.10. The number of carbonyl (C=O) groups excluding carboxylic acids is 2. The van der Waals surface area contributed by atoms with Gasteiger partial charge in [-0.3, -0.25) is 24.7 Å². The van der Waals surface area contributed by atoms with E-state index in [1.165, 1.54) is 38.4 Å². The molecular weight excluding hydrogens is 799 g/mol. The number of piperazine rings is 1. The van der Waals surface area contributed by atoms with Crippen LogP contribution in [0.4, 0.5) is 5.69 Å². The highest BCUT2D eigenvalue weighted by atomic mass is 32.2. The fourth-order valence-electron chi connectivity index (χ4n) is 7.80. The first-order chi connectivity index (χ1) is 29.5. The largest absolute Gasteiger partial charge is 0.493 e. The number of rotatable bonds is 15. The van der Waals surface area contributed by atoms with Crippen LogP contribution in [-0.2, 0) is 31.7 Å². The normalized spacial score (nSPS) is 14.6. The molecule has 2 heterocycles. The summed E-state index contributed by atoms with van der Waals surface area (Å²) >= 11 is 0. The second-order valence-corrected chi connectivity index (χ2v) is 16.0. The molecule has 1 aliphatic rings. The summed E-state index contributed by atoms with van der Waals surface area (Å²) in [6, 6.07) is 38.5. The molecule has 15 heteroatoms. The molecule has 14 nitrogen and oxygen atoms in total. The van der Waals surface area contributed by atoms with Crippen LogP contribution in [0.1, 0.15) is 28.7 Å². The molecule has 1 N–H and O–H groups in total. The van der Waals surface area contributed by atoms with Crippen molar-refractivity contribution in [3.05, 3.63) is 178 Å². The molecule has 1 fully saturated rings. The van der Waals surface area contributed by atoms with Crippen LogP contribution in [0, 0.1) is 10.1 Å². The van der Waals surface area contributed by atoms with E-state index in [1.807, 2.05) is 91.0 Å². The molecular formula is C46H43N5O9S. The number of pyridine rings is 1. The van der Waals surface area contributed by atoms with Gasteiger partial charge in [-0.1, -0.05) is 103 Å². The molecule has 0 bridgehead atoms.